The Morgan fingerprint density at radius 1 is 1.26 bits per heavy atom. The molecule has 2 N–H and O–H groups in total. The van der Waals surface area contributed by atoms with Gasteiger partial charge >= 0.3 is 6.18 Å². The first-order valence-electron chi connectivity index (χ1n) is 6.65. The zero-order valence-electron chi connectivity index (χ0n) is 13.4. The van der Waals surface area contributed by atoms with Crippen LogP contribution in [0.15, 0.2) is 24.8 Å². The molecule has 0 aromatic rings. The van der Waals surface area contributed by atoms with Gasteiger partial charge in [-0.2, -0.15) is 13.2 Å². The molecule has 0 rings (SSSR count). The van der Waals surface area contributed by atoms with Crippen LogP contribution in [0, 0.1) is 5.92 Å². The van der Waals surface area contributed by atoms with Crippen LogP contribution in [0.2, 0.25) is 0 Å². The third-order valence-electron chi connectivity index (χ3n) is 1.97. The molecule has 0 aliphatic heterocycles. The summed E-state index contributed by atoms with van der Waals surface area (Å²) in [6.45, 7) is 16.7. The van der Waals surface area contributed by atoms with Crippen LogP contribution in [0.4, 0.5) is 13.2 Å². The van der Waals surface area contributed by atoms with E-state index in [-0.39, 0.29) is 12.3 Å². The second kappa shape index (κ2) is 19.6. The van der Waals surface area contributed by atoms with Gasteiger partial charge in [-0.15, -0.1) is 0 Å². The zero-order chi connectivity index (χ0) is 16.5. The SMILES string of the molecule is C=CC(=C)C.CC.CCC(C)CCC(F)(F)F.CN. The van der Waals surface area contributed by atoms with Gasteiger partial charge in [0.2, 0.25) is 0 Å². The van der Waals surface area contributed by atoms with Crippen molar-refractivity contribution in [3.05, 3.63) is 24.8 Å². The number of rotatable bonds is 4. The molecule has 1 unspecified atom stereocenters. The van der Waals surface area contributed by atoms with Crippen LogP contribution in [0.3, 0.4) is 0 Å². The third-order valence-corrected chi connectivity index (χ3v) is 1.97. The van der Waals surface area contributed by atoms with Gasteiger partial charge in [0.15, 0.2) is 0 Å². The van der Waals surface area contributed by atoms with Gasteiger partial charge in [-0.3, -0.25) is 0 Å². The molecular weight excluding hydrogens is 251 g/mol. The van der Waals surface area contributed by atoms with Gasteiger partial charge < -0.3 is 5.73 Å². The van der Waals surface area contributed by atoms with Crippen LogP contribution in [-0.2, 0) is 0 Å². The van der Waals surface area contributed by atoms with E-state index in [0.717, 1.165) is 12.0 Å². The van der Waals surface area contributed by atoms with Crippen molar-refractivity contribution in [1.29, 1.82) is 0 Å². The molecule has 0 spiro atoms. The lowest BCUT2D eigenvalue weighted by Crippen LogP contribution is -2.08. The molecule has 0 amide bonds. The Balaban J connectivity index is -0.000000105. The van der Waals surface area contributed by atoms with Crippen molar-refractivity contribution in [3.63, 3.8) is 0 Å². The maximum atomic E-state index is 11.6. The molecule has 0 heterocycles. The molecule has 1 nitrogen and oxygen atoms in total. The third kappa shape index (κ3) is 46.9. The lowest BCUT2D eigenvalue weighted by atomic mass is 10.0. The number of alkyl halides is 3. The molecule has 0 radical (unpaired) electrons. The Morgan fingerprint density at radius 2 is 1.58 bits per heavy atom. The summed E-state index contributed by atoms with van der Waals surface area (Å²) >= 11 is 0. The molecule has 0 aliphatic rings. The number of halogens is 3. The fourth-order valence-corrected chi connectivity index (χ4v) is 0.614. The van der Waals surface area contributed by atoms with Crippen LogP contribution in [0.5, 0.6) is 0 Å². The van der Waals surface area contributed by atoms with E-state index in [2.05, 4.69) is 18.9 Å². The molecule has 0 saturated heterocycles. The standard InChI is InChI=1S/C7H13F3.C5H8.C2H6.CH5N/c1-3-6(2)4-5-7(8,9)10;1-4-5(2)3;2*1-2/h6H,3-5H2,1-2H3;4H,1-2H2,3H3;1-2H3;2H2,1H3. The van der Waals surface area contributed by atoms with Gasteiger partial charge in [0.1, 0.15) is 0 Å². The molecule has 1 atom stereocenters. The molecule has 0 fully saturated rings. The minimum atomic E-state index is -3.97. The smallest absolute Gasteiger partial charge is 0.333 e. The van der Waals surface area contributed by atoms with E-state index in [1.165, 1.54) is 7.05 Å². The van der Waals surface area contributed by atoms with Crippen molar-refractivity contribution in [2.45, 2.75) is 60.1 Å². The number of nitrogens with two attached hydrogens (primary N) is 1. The van der Waals surface area contributed by atoms with Gasteiger partial charge in [-0.05, 0) is 26.3 Å². The maximum absolute atomic E-state index is 11.6. The highest BCUT2D eigenvalue weighted by atomic mass is 19.4. The Bertz CT molecular complexity index is 186. The van der Waals surface area contributed by atoms with Crippen molar-refractivity contribution < 1.29 is 13.2 Å². The lowest BCUT2D eigenvalue weighted by Gasteiger charge is -2.09. The van der Waals surface area contributed by atoms with Crippen LogP contribution < -0.4 is 5.73 Å². The summed E-state index contributed by atoms with van der Waals surface area (Å²) in [6, 6.07) is 0. The van der Waals surface area contributed by atoms with Crippen LogP contribution in [0.1, 0.15) is 53.9 Å². The van der Waals surface area contributed by atoms with Gasteiger partial charge in [0.25, 0.3) is 0 Å². The molecular formula is C15H32F3N. The van der Waals surface area contributed by atoms with Crippen LogP contribution >= 0.6 is 0 Å². The Kier molecular flexibility index (Phi) is 27.5. The van der Waals surface area contributed by atoms with E-state index < -0.39 is 12.6 Å². The van der Waals surface area contributed by atoms with Crippen molar-refractivity contribution in [2.75, 3.05) is 7.05 Å². The van der Waals surface area contributed by atoms with Crippen molar-refractivity contribution >= 4 is 0 Å². The Morgan fingerprint density at radius 3 is 1.74 bits per heavy atom. The van der Waals surface area contributed by atoms with Gasteiger partial charge in [-0.1, -0.05) is 58.9 Å². The minimum absolute atomic E-state index is 0.196. The predicted octanol–water partition coefficient (Wildman–Crippen LogP) is 5.72. The molecule has 0 aromatic carbocycles. The fourth-order valence-electron chi connectivity index (χ4n) is 0.614. The highest BCUT2D eigenvalue weighted by molar-refractivity contribution is 5.05. The van der Waals surface area contributed by atoms with Crippen LogP contribution in [-0.4, -0.2) is 13.2 Å². The average molecular weight is 283 g/mol. The number of hydrogen-bond donors (Lipinski definition) is 1. The summed E-state index contributed by atoms with van der Waals surface area (Å²) in [6.07, 6.45) is -1.79. The highest BCUT2D eigenvalue weighted by Crippen LogP contribution is 2.24. The van der Waals surface area contributed by atoms with E-state index in [4.69, 9.17) is 0 Å². The highest BCUT2D eigenvalue weighted by Gasteiger charge is 2.26. The normalized spacial score (nSPS) is 10.4. The summed E-state index contributed by atoms with van der Waals surface area (Å²) in [5.41, 5.74) is 5.52. The molecule has 0 bridgehead atoms. The largest absolute Gasteiger partial charge is 0.389 e. The minimum Gasteiger partial charge on any atom is -0.333 e. The molecule has 0 saturated carbocycles. The van der Waals surface area contributed by atoms with E-state index in [1.807, 2.05) is 34.6 Å². The van der Waals surface area contributed by atoms with Crippen molar-refractivity contribution in [2.24, 2.45) is 11.7 Å². The zero-order valence-corrected chi connectivity index (χ0v) is 13.4. The summed E-state index contributed by atoms with van der Waals surface area (Å²) in [5, 5.41) is 0. The average Bonchev–Trinajstić information content (AvgIpc) is 2.40. The second-order valence-electron chi connectivity index (χ2n) is 3.72. The first-order chi connectivity index (χ1) is 8.72. The van der Waals surface area contributed by atoms with Crippen LogP contribution in [0.25, 0.3) is 0 Å². The fraction of sp³-hybridized carbons (Fsp3) is 0.733. The molecule has 118 valence electrons. The lowest BCUT2D eigenvalue weighted by molar-refractivity contribution is -0.137. The number of allylic oxidation sites excluding steroid dienone is 2. The summed E-state index contributed by atoms with van der Waals surface area (Å²) < 4.78 is 34.7. The monoisotopic (exact) mass is 283 g/mol. The molecule has 4 heteroatoms. The predicted molar refractivity (Wildman–Crippen MR) is 81.2 cm³/mol. The maximum Gasteiger partial charge on any atom is 0.389 e. The summed E-state index contributed by atoms with van der Waals surface area (Å²) in [5.74, 6) is 0.196. The van der Waals surface area contributed by atoms with Gasteiger partial charge in [-0.25, -0.2) is 0 Å². The van der Waals surface area contributed by atoms with Crippen molar-refractivity contribution in [3.8, 4) is 0 Å². The summed E-state index contributed by atoms with van der Waals surface area (Å²) in [7, 11) is 1.50. The van der Waals surface area contributed by atoms with E-state index in [9.17, 15) is 13.2 Å². The van der Waals surface area contributed by atoms with Gasteiger partial charge in [0.05, 0.1) is 0 Å². The molecule has 0 aliphatic carbocycles. The summed E-state index contributed by atoms with van der Waals surface area (Å²) in [4.78, 5) is 0. The second-order valence-corrected chi connectivity index (χ2v) is 3.72. The van der Waals surface area contributed by atoms with E-state index in [1.54, 1.807) is 6.08 Å². The first-order valence-corrected chi connectivity index (χ1v) is 6.65. The van der Waals surface area contributed by atoms with Crippen molar-refractivity contribution in [1.82, 2.24) is 0 Å². The Labute approximate surface area is 117 Å². The van der Waals surface area contributed by atoms with Gasteiger partial charge in [0, 0.05) is 6.42 Å². The Hall–Kier alpha value is -0.770. The molecule has 19 heavy (non-hydrogen) atoms. The topological polar surface area (TPSA) is 26.0 Å². The quantitative estimate of drug-likeness (QED) is 0.656. The first kappa shape index (κ1) is 26.7. The van der Waals surface area contributed by atoms with E-state index in [0.29, 0.717) is 0 Å². The van der Waals surface area contributed by atoms with E-state index >= 15 is 0 Å². The number of hydrogen-bond acceptors (Lipinski definition) is 1. The molecule has 0 aromatic heterocycles.